The molecular formula is C52H53NO. The molecule has 54 heavy (non-hydrogen) atoms. The van der Waals surface area contributed by atoms with Gasteiger partial charge in [0, 0.05) is 28.3 Å². The topological polar surface area (TPSA) is 16.4 Å². The van der Waals surface area contributed by atoms with E-state index in [2.05, 4.69) is 140 Å². The van der Waals surface area contributed by atoms with Gasteiger partial charge in [-0.15, -0.1) is 0 Å². The van der Waals surface area contributed by atoms with Crippen molar-refractivity contribution in [2.75, 3.05) is 4.90 Å². The summed E-state index contributed by atoms with van der Waals surface area (Å²) in [5.74, 6) is 5.07. The van der Waals surface area contributed by atoms with E-state index in [1.54, 1.807) is 22.4 Å². The third-order valence-corrected chi connectivity index (χ3v) is 16.4. The fourth-order valence-corrected chi connectivity index (χ4v) is 14.7. The molecule has 10 unspecified atom stereocenters. The smallest absolute Gasteiger partial charge is 0.137 e. The Morgan fingerprint density at radius 1 is 0.741 bits per heavy atom. The molecule has 3 aromatic rings. The molecule has 1 aromatic heterocycles. The van der Waals surface area contributed by atoms with Crippen LogP contribution in [0.15, 0.2) is 154 Å². The van der Waals surface area contributed by atoms with Gasteiger partial charge < -0.3 is 9.32 Å². The number of allylic oxidation sites excluding steroid dienone is 16. The Labute approximate surface area is 321 Å². The maximum absolute atomic E-state index is 6.63. The Hall–Kier alpha value is -4.30. The average Bonchev–Trinajstić information content (AvgIpc) is 3.91. The van der Waals surface area contributed by atoms with Crippen molar-refractivity contribution in [3.8, 4) is 0 Å². The van der Waals surface area contributed by atoms with E-state index in [-0.39, 0.29) is 16.9 Å². The first-order valence-electron chi connectivity index (χ1n) is 21.5. The third kappa shape index (κ3) is 4.08. The van der Waals surface area contributed by atoms with Gasteiger partial charge in [-0.05, 0) is 121 Å². The molecule has 272 valence electrons. The number of furan rings is 1. The van der Waals surface area contributed by atoms with Gasteiger partial charge in [-0.1, -0.05) is 136 Å². The molecule has 0 N–H and O–H groups in total. The van der Waals surface area contributed by atoms with E-state index in [4.69, 9.17) is 4.42 Å². The van der Waals surface area contributed by atoms with E-state index in [9.17, 15) is 0 Å². The number of anilines is 1. The number of rotatable bonds is 3. The van der Waals surface area contributed by atoms with Crippen molar-refractivity contribution in [3.05, 3.63) is 149 Å². The molecular weight excluding hydrogens is 655 g/mol. The van der Waals surface area contributed by atoms with Crippen LogP contribution in [0.2, 0.25) is 0 Å². The molecule has 3 fully saturated rings. The molecule has 0 bridgehead atoms. The summed E-state index contributed by atoms with van der Waals surface area (Å²) < 4.78 is 6.63. The molecule has 2 aromatic carbocycles. The van der Waals surface area contributed by atoms with Crippen molar-refractivity contribution in [2.45, 2.75) is 77.7 Å². The van der Waals surface area contributed by atoms with Crippen LogP contribution >= 0.6 is 0 Å². The number of hydrogen-bond acceptors (Lipinski definition) is 2. The minimum absolute atomic E-state index is 0.0955. The Morgan fingerprint density at radius 2 is 1.56 bits per heavy atom. The van der Waals surface area contributed by atoms with E-state index in [0.29, 0.717) is 23.7 Å². The maximum Gasteiger partial charge on any atom is 0.137 e. The van der Waals surface area contributed by atoms with Crippen molar-refractivity contribution in [3.63, 3.8) is 0 Å². The van der Waals surface area contributed by atoms with Gasteiger partial charge in [-0.3, -0.25) is 0 Å². The fourth-order valence-electron chi connectivity index (χ4n) is 14.7. The van der Waals surface area contributed by atoms with Crippen LogP contribution in [0.3, 0.4) is 0 Å². The summed E-state index contributed by atoms with van der Waals surface area (Å²) in [4.78, 5) is 2.88. The quantitative estimate of drug-likeness (QED) is 0.252. The molecule has 9 aliphatic rings. The lowest BCUT2D eigenvalue weighted by Crippen LogP contribution is -2.44. The lowest BCUT2D eigenvalue weighted by atomic mass is 9.55. The number of benzene rings is 2. The second kappa shape index (κ2) is 11.6. The Balaban J connectivity index is 1.08. The normalized spacial score (nSPS) is 37.8. The van der Waals surface area contributed by atoms with Crippen LogP contribution in [-0.4, -0.2) is 6.04 Å². The summed E-state index contributed by atoms with van der Waals surface area (Å²) in [5.41, 5.74) is 11.9. The monoisotopic (exact) mass is 707 g/mol. The molecule has 12 rings (SSSR count). The lowest BCUT2D eigenvalue weighted by molar-refractivity contribution is 0.0784. The summed E-state index contributed by atoms with van der Waals surface area (Å²) in [6.07, 6.45) is 44.4. The average molecular weight is 708 g/mol. The zero-order valence-electron chi connectivity index (χ0n) is 32.0. The predicted molar refractivity (Wildman–Crippen MR) is 223 cm³/mol. The Bertz CT molecular complexity index is 2380. The van der Waals surface area contributed by atoms with Crippen LogP contribution in [-0.2, 0) is 0 Å². The molecule has 0 aliphatic heterocycles. The molecule has 2 heteroatoms. The van der Waals surface area contributed by atoms with E-state index < -0.39 is 0 Å². The van der Waals surface area contributed by atoms with Crippen molar-refractivity contribution in [1.82, 2.24) is 0 Å². The molecule has 0 amide bonds. The first-order valence-corrected chi connectivity index (χ1v) is 21.5. The van der Waals surface area contributed by atoms with Gasteiger partial charge in [0.05, 0.1) is 17.1 Å². The zero-order chi connectivity index (χ0) is 35.8. The first-order chi connectivity index (χ1) is 26.6. The van der Waals surface area contributed by atoms with Gasteiger partial charge in [0.15, 0.2) is 0 Å². The molecule has 1 heterocycles. The standard InChI is InChI=1S/C52H53NO/c1-51(2)39-20-8-6-18-37(39)49-43(51)24-13-25-45(49)53(46-26-14-28-48-50(46)38-19-7-12-27-47(38)54-48)32-29-30-36-35-17-5-11-23-42(35)52(44(36)31-32)40-21-9-3-15-33(40)34-16-4-10-22-41(34)52/h3,5-8,11-12,14-15,17-20,23-24,26-30,32-35,37,39-42H,4,9-10,13,16,21-22,25,31H2,1-2H3. The molecule has 2 nitrogen and oxygen atoms in total. The molecule has 10 atom stereocenters. The Kier molecular flexibility index (Phi) is 6.88. The van der Waals surface area contributed by atoms with E-state index in [0.717, 1.165) is 54.1 Å². The summed E-state index contributed by atoms with van der Waals surface area (Å²) in [6.45, 7) is 5.01. The summed E-state index contributed by atoms with van der Waals surface area (Å²) in [7, 11) is 0. The van der Waals surface area contributed by atoms with E-state index in [1.165, 1.54) is 55.0 Å². The van der Waals surface area contributed by atoms with Gasteiger partial charge >= 0.3 is 0 Å². The minimum Gasteiger partial charge on any atom is -0.456 e. The number of hydrogen-bond donors (Lipinski definition) is 0. The van der Waals surface area contributed by atoms with E-state index in [1.807, 2.05) is 5.57 Å². The van der Waals surface area contributed by atoms with Crippen LogP contribution < -0.4 is 4.90 Å². The highest BCUT2D eigenvalue weighted by molar-refractivity contribution is 6.12. The highest BCUT2D eigenvalue weighted by atomic mass is 16.3. The van der Waals surface area contributed by atoms with Gasteiger partial charge in [-0.25, -0.2) is 0 Å². The highest BCUT2D eigenvalue weighted by Gasteiger charge is 2.67. The number of fused-ring (bicyclic) bond motifs is 15. The fraction of sp³-hybridized carbons (Fsp3) is 0.423. The van der Waals surface area contributed by atoms with Crippen LogP contribution in [0, 0.1) is 58.2 Å². The van der Waals surface area contributed by atoms with Crippen LogP contribution in [0.5, 0.6) is 0 Å². The van der Waals surface area contributed by atoms with Crippen LogP contribution in [0.25, 0.3) is 21.9 Å². The number of nitrogens with zero attached hydrogens (tertiary/aromatic N) is 1. The van der Waals surface area contributed by atoms with Gasteiger partial charge in [0.25, 0.3) is 0 Å². The van der Waals surface area contributed by atoms with Gasteiger partial charge in [0.1, 0.15) is 11.2 Å². The second-order valence-corrected chi connectivity index (χ2v) is 18.7. The maximum atomic E-state index is 6.63. The Morgan fingerprint density at radius 3 is 2.48 bits per heavy atom. The molecule has 0 saturated heterocycles. The van der Waals surface area contributed by atoms with Crippen molar-refractivity contribution in [2.24, 2.45) is 58.2 Å². The van der Waals surface area contributed by atoms with Crippen molar-refractivity contribution >= 4 is 27.6 Å². The molecule has 9 aliphatic carbocycles. The van der Waals surface area contributed by atoms with Gasteiger partial charge in [-0.2, -0.15) is 0 Å². The molecule has 3 saturated carbocycles. The SMILES string of the molecule is CC1(C)C2=CCCC(N(c3cccc4oc5ccccc5c34)C3C=CC4=C(C3)C3(C5C=CC=CC45)C4CCC=CC4C4CCCCC43)=C2C2C=CC=CC21. The van der Waals surface area contributed by atoms with Crippen LogP contribution in [0.1, 0.15) is 71.6 Å². The van der Waals surface area contributed by atoms with E-state index >= 15 is 0 Å². The van der Waals surface area contributed by atoms with Gasteiger partial charge in [0.2, 0.25) is 0 Å². The third-order valence-electron chi connectivity index (χ3n) is 16.4. The second-order valence-electron chi connectivity index (χ2n) is 18.7. The predicted octanol–water partition coefficient (Wildman–Crippen LogP) is 13.2. The molecule has 0 radical (unpaired) electrons. The van der Waals surface area contributed by atoms with Crippen LogP contribution in [0.4, 0.5) is 5.69 Å². The summed E-state index contributed by atoms with van der Waals surface area (Å²) in [5, 5.41) is 2.50. The lowest BCUT2D eigenvalue weighted by Gasteiger charge is -2.49. The summed E-state index contributed by atoms with van der Waals surface area (Å²) in [6, 6.07) is 15.8. The largest absolute Gasteiger partial charge is 0.456 e. The number of para-hydroxylation sites is 1. The summed E-state index contributed by atoms with van der Waals surface area (Å²) >= 11 is 0. The van der Waals surface area contributed by atoms with Crippen molar-refractivity contribution < 1.29 is 4.42 Å². The zero-order valence-corrected chi connectivity index (χ0v) is 32.0. The molecule has 1 spiro atoms. The minimum atomic E-state index is 0.0955. The first kappa shape index (κ1) is 32.0. The highest BCUT2D eigenvalue weighted by Crippen LogP contribution is 2.74. The van der Waals surface area contributed by atoms with Crippen molar-refractivity contribution in [1.29, 1.82) is 0 Å².